The Hall–Kier alpha value is -3.96. The van der Waals surface area contributed by atoms with Gasteiger partial charge in [-0.3, -0.25) is 9.63 Å². The van der Waals surface area contributed by atoms with Crippen molar-refractivity contribution in [1.29, 1.82) is 0 Å². The van der Waals surface area contributed by atoms with Crippen molar-refractivity contribution < 1.29 is 32.0 Å². The van der Waals surface area contributed by atoms with E-state index >= 15 is 0 Å². The van der Waals surface area contributed by atoms with Gasteiger partial charge in [0.25, 0.3) is 5.91 Å². The van der Waals surface area contributed by atoms with E-state index in [4.69, 9.17) is 19.7 Å². The molecule has 0 unspecified atom stereocenters. The van der Waals surface area contributed by atoms with Crippen molar-refractivity contribution in [3.8, 4) is 17.2 Å². The zero-order chi connectivity index (χ0) is 24.3. The fourth-order valence-electron chi connectivity index (χ4n) is 3.29. The van der Waals surface area contributed by atoms with E-state index in [2.05, 4.69) is 15.4 Å². The minimum absolute atomic E-state index is 0.0112. The number of nitrogens with one attached hydrogen (secondary N) is 1. The lowest BCUT2D eigenvalue weighted by Crippen LogP contribution is -2.25. The molecule has 176 valence electrons. The maximum absolute atomic E-state index is 13.2. The van der Waals surface area contributed by atoms with Gasteiger partial charge in [0, 0.05) is 10.9 Å². The molecule has 34 heavy (non-hydrogen) atoms. The Morgan fingerprint density at radius 3 is 2.53 bits per heavy atom. The third-order valence-electron chi connectivity index (χ3n) is 4.91. The fourth-order valence-corrected chi connectivity index (χ4v) is 3.29. The molecule has 0 aliphatic heterocycles. The van der Waals surface area contributed by atoms with Crippen molar-refractivity contribution in [2.75, 3.05) is 7.11 Å². The fraction of sp³-hybridized carbons (Fsp3) is 0.174. The maximum Gasteiger partial charge on any atom is 0.433 e. The number of fused-ring (bicyclic) bond motifs is 1. The molecule has 0 fully saturated rings. The van der Waals surface area contributed by atoms with Crippen LogP contribution in [-0.2, 0) is 24.2 Å². The first-order valence-corrected chi connectivity index (χ1v) is 10.0. The second-order valence-electron chi connectivity index (χ2n) is 7.11. The molecule has 0 aliphatic carbocycles. The summed E-state index contributed by atoms with van der Waals surface area (Å²) in [7, 11) is 1.33. The highest BCUT2D eigenvalue weighted by atomic mass is 19.4. The van der Waals surface area contributed by atoms with Crippen LogP contribution in [0.3, 0.4) is 0 Å². The number of nitrogens with zero attached hydrogens (tertiary/aromatic N) is 2. The quantitative estimate of drug-likeness (QED) is 0.387. The van der Waals surface area contributed by atoms with Crippen LogP contribution in [0.5, 0.6) is 5.75 Å². The van der Waals surface area contributed by atoms with Crippen molar-refractivity contribution in [1.82, 2.24) is 15.4 Å². The van der Waals surface area contributed by atoms with E-state index < -0.39 is 17.8 Å². The number of amides is 1. The number of carbonyl (C=O) groups excluding carboxylic acids is 1. The van der Waals surface area contributed by atoms with E-state index in [0.29, 0.717) is 10.9 Å². The number of carbonyl (C=O) groups is 1. The van der Waals surface area contributed by atoms with E-state index in [9.17, 15) is 18.0 Å². The van der Waals surface area contributed by atoms with Gasteiger partial charge >= 0.3 is 6.18 Å². The standard InChI is InChI=1S/C23H19F3N4O4/c1-32-16-9-7-15(14-8-10-18(23(24,25)26)28-19(14)16)22-29-20(17(11-27)34-22)21(31)30-33-12-13-5-3-2-4-6-13/h2-10H,11-12,27H2,1H3,(H,30,31). The summed E-state index contributed by atoms with van der Waals surface area (Å²) in [4.78, 5) is 25.8. The van der Waals surface area contributed by atoms with Crippen molar-refractivity contribution in [3.05, 3.63) is 77.3 Å². The van der Waals surface area contributed by atoms with E-state index in [1.165, 1.54) is 19.2 Å². The van der Waals surface area contributed by atoms with Gasteiger partial charge in [0.1, 0.15) is 17.0 Å². The zero-order valence-corrected chi connectivity index (χ0v) is 17.8. The summed E-state index contributed by atoms with van der Waals surface area (Å²) in [6, 6.07) is 14.3. The van der Waals surface area contributed by atoms with Gasteiger partial charge in [-0.1, -0.05) is 30.3 Å². The van der Waals surface area contributed by atoms with Crippen LogP contribution in [0.25, 0.3) is 22.4 Å². The number of halogens is 3. The summed E-state index contributed by atoms with van der Waals surface area (Å²) in [6.45, 7) is -0.00935. The van der Waals surface area contributed by atoms with E-state index in [1.807, 2.05) is 30.3 Å². The third-order valence-corrected chi connectivity index (χ3v) is 4.91. The van der Waals surface area contributed by atoms with Crippen molar-refractivity contribution in [2.24, 2.45) is 5.73 Å². The molecule has 0 aliphatic rings. The lowest BCUT2D eigenvalue weighted by atomic mass is 10.1. The van der Waals surface area contributed by atoms with Gasteiger partial charge in [0.2, 0.25) is 5.89 Å². The molecule has 8 nitrogen and oxygen atoms in total. The molecule has 0 bridgehead atoms. The number of ether oxygens (including phenoxy) is 1. The molecule has 0 radical (unpaired) electrons. The lowest BCUT2D eigenvalue weighted by molar-refractivity contribution is -0.140. The molecular formula is C23H19F3N4O4. The summed E-state index contributed by atoms with van der Waals surface area (Å²) in [5.41, 5.74) is 7.97. The number of hydrogen-bond acceptors (Lipinski definition) is 7. The van der Waals surface area contributed by atoms with Crippen LogP contribution in [0.15, 0.2) is 59.0 Å². The summed E-state index contributed by atoms with van der Waals surface area (Å²) in [5.74, 6) is -0.466. The van der Waals surface area contributed by atoms with Gasteiger partial charge in [-0.15, -0.1) is 0 Å². The van der Waals surface area contributed by atoms with E-state index in [1.54, 1.807) is 6.07 Å². The lowest BCUT2D eigenvalue weighted by Gasteiger charge is -2.11. The summed E-state index contributed by atoms with van der Waals surface area (Å²) < 4.78 is 50.4. The van der Waals surface area contributed by atoms with Crippen LogP contribution < -0.4 is 16.0 Å². The van der Waals surface area contributed by atoms with Crippen LogP contribution in [0.1, 0.15) is 27.5 Å². The normalized spacial score (nSPS) is 11.6. The average molecular weight is 472 g/mol. The minimum Gasteiger partial charge on any atom is -0.494 e. The molecule has 2 aromatic carbocycles. The highest BCUT2D eigenvalue weighted by Gasteiger charge is 2.33. The Morgan fingerprint density at radius 2 is 1.85 bits per heavy atom. The molecule has 0 saturated heterocycles. The topological polar surface area (TPSA) is 112 Å². The number of hydroxylamine groups is 1. The Bertz CT molecular complexity index is 1320. The highest BCUT2D eigenvalue weighted by molar-refractivity contribution is 5.98. The third kappa shape index (κ3) is 4.70. The van der Waals surface area contributed by atoms with E-state index in [-0.39, 0.29) is 41.8 Å². The minimum atomic E-state index is -4.63. The number of pyridine rings is 1. The molecule has 4 aromatic rings. The number of methoxy groups -OCH3 is 1. The Morgan fingerprint density at radius 1 is 1.09 bits per heavy atom. The first-order valence-electron chi connectivity index (χ1n) is 10.0. The number of hydrogen-bond donors (Lipinski definition) is 2. The van der Waals surface area contributed by atoms with Crippen LogP contribution in [0.4, 0.5) is 13.2 Å². The Labute approximate surface area is 191 Å². The van der Waals surface area contributed by atoms with Gasteiger partial charge < -0.3 is 14.9 Å². The SMILES string of the molecule is COc1ccc(-c2nc(C(=O)NOCc3ccccc3)c(CN)o2)c2ccc(C(F)(F)F)nc12. The predicted octanol–water partition coefficient (Wildman–Crippen LogP) is 4.24. The van der Waals surface area contributed by atoms with Crippen LogP contribution >= 0.6 is 0 Å². The van der Waals surface area contributed by atoms with Gasteiger partial charge in [-0.05, 0) is 29.8 Å². The monoisotopic (exact) mass is 472 g/mol. The first kappa shape index (κ1) is 23.2. The van der Waals surface area contributed by atoms with Gasteiger partial charge in [0.05, 0.1) is 20.3 Å². The number of benzene rings is 2. The van der Waals surface area contributed by atoms with Gasteiger partial charge in [-0.2, -0.15) is 13.2 Å². The Kier molecular flexibility index (Phi) is 6.48. The molecule has 0 atom stereocenters. The highest BCUT2D eigenvalue weighted by Crippen LogP contribution is 2.36. The van der Waals surface area contributed by atoms with Gasteiger partial charge in [-0.25, -0.2) is 15.4 Å². The maximum atomic E-state index is 13.2. The molecule has 11 heteroatoms. The van der Waals surface area contributed by atoms with E-state index in [0.717, 1.165) is 11.6 Å². The molecular weight excluding hydrogens is 453 g/mol. The Balaban J connectivity index is 1.66. The largest absolute Gasteiger partial charge is 0.494 e. The van der Waals surface area contributed by atoms with Crippen molar-refractivity contribution in [3.63, 3.8) is 0 Å². The second-order valence-corrected chi connectivity index (χ2v) is 7.11. The van der Waals surface area contributed by atoms with Gasteiger partial charge in [0.15, 0.2) is 11.5 Å². The zero-order valence-electron chi connectivity index (χ0n) is 17.8. The summed E-state index contributed by atoms with van der Waals surface area (Å²) in [6.07, 6.45) is -4.63. The molecule has 2 heterocycles. The molecule has 2 aromatic heterocycles. The summed E-state index contributed by atoms with van der Waals surface area (Å²) in [5, 5.41) is 0.296. The predicted molar refractivity (Wildman–Crippen MR) is 115 cm³/mol. The number of alkyl halides is 3. The number of aromatic nitrogens is 2. The van der Waals surface area contributed by atoms with Crippen molar-refractivity contribution in [2.45, 2.75) is 19.3 Å². The number of oxazole rings is 1. The summed E-state index contributed by atoms with van der Waals surface area (Å²) >= 11 is 0. The first-order chi connectivity index (χ1) is 16.3. The smallest absolute Gasteiger partial charge is 0.433 e. The molecule has 0 spiro atoms. The number of nitrogens with two attached hydrogens (primary N) is 1. The molecule has 3 N–H and O–H groups in total. The van der Waals surface area contributed by atoms with Crippen LogP contribution in [-0.4, -0.2) is 23.0 Å². The molecule has 4 rings (SSSR count). The average Bonchev–Trinajstić information content (AvgIpc) is 3.27. The van der Waals surface area contributed by atoms with Crippen LogP contribution in [0.2, 0.25) is 0 Å². The number of rotatable bonds is 7. The van der Waals surface area contributed by atoms with Crippen LogP contribution in [0, 0.1) is 0 Å². The second kappa shape index (κ2) is 9.49. The van der Waals surface area contributed by atoms with Crippen molar-refractivity contribution >= 4 is 16.8 Å². The molecule has 1 amide bonds. The molecule has 0 saturated carbocycles.